The lowest BCUT2D eigenvalue weighted by Crippen LogP contribution is -2.51. The molecule has 0 radical (unpaired) electrons. The molecule has 254 valence electrons. The third kappa shape index (κ3) is 4.99. The van der Waals surface area contributed by atoms with E-state index in [1.54, 1.807) is 0 Å². The van der Waals surface area contributed by atoms with Gasteiger partial charge in [-0.3, -0.25) is 0 Å². The largest absolute Gasteiger partial charge is 0.508 e. The number of halogens is 4. The first-order chi connectivity index (χ1) is 23.6. The minimum absolute atomic E-state index is 0.0107. The SMILES string of the molecule is C#Cc1c(F)ccc2cc(O)cc(-c3nc4c5c(nc(OCC6(CN7CCC8(CC7)CC8(F)F)CC6)nc5c3F)N3CCNCC3CC4)c12. The molecule has 1 atom stereocenters. The number of fused-ring (bicyclic) bond motifs is 3. The first-order valence-electron chi connectivity index (χ1n) is 17.1. The third-order valence-electron chi connectivity index (χ3n) is 11.7. The molecule has 3 aliphatic heterocycles. The zero-order valence-electron chi connectivity index (χ0n) is 27.0. The van der Waals surface area contributed by atoms with Gasteiger partial charge < -0.3 is 25.0 Å². The van der Waals surface area contributed by atoms with Gasteiger partial charge in [-0.25, -0.2) is 22.5 Å². The molecule has 5 heterocycles. The normalized spacial score (nSPS) is 23.2. The van der Waals surface area contributed by atoms with Gasteiger partial charge in [0.05, 0.1) is 23.3 Å². The van der Waals surface area contributed by atoms with Gasteiger partial charge in [0.15, 0.2) is 5.82 Å². The molecule has 5 aliphatic rings. The molecule has 0 bridgehead atoms. The number of aromatic nitrogens is 3. The molecule has 8 nitrogen and oxygen atoms in total. The van der Waals surface area contributed by atoms with Crippen LogP contribution in [0.1, 0.15) is 49.8 Å². The Morgan fingerprint density at radius 2 is 1.84 bits per heavy atom. The van der Waals surface area contributed by atoms with Gasteiger partial charge in [-0.1, -0.05) is 12.0 Å². The fourth-order valence-corrected chi connectivity index (χ4v) is 8.47. The van der Waals surface area contributed by atoms with Gasteiger partial charge in [0.2, 0.25) is 0 Å². The lowest BCUT2D eigenvalue weighted by atomic mass is 9.92. The molecule has 2 saturated heterocycles. The molecule has 2 saturated carbocycles. The number of hydrogen-bond donors (Lipinski definition) is 2. The van der Waals surface area contributed by atoms with E-state index in [9.17, 15) is 18.3 Å². The van der Waals surface area contributed by atoms with Crippen molar-refractivity contribution in [1.29, 1.82) is 0 Å². The van der Waals surface area contributed by atoms with Crippen molar-refractivity contribution in [1.82, 2.24) is 25.2 Å². The number of phenolic OH excluding ortho intramolecular Hbond substituents is 1. The van der Waals surface area contributed by atoms with Gasteiger partial charge in [0.1, 0.15) is 28.6 Å². The van der Waals surface area contributed by atoms with Crippen LogP contribution < -0.4 is 15.0 Å². The van der Waals surface area contributed by atoms with E-state index in [-0.39, 0.29) is 57.4 Å². The third-order valence-corrected chi connectivity index (χ3v) is 11.7. The smallest absolute Gasteiger partial charge is 0.319 e. The van der Waals surface area contributed by atoms with E-state index in [4.69, 9.17) is 21.1 Å². The van der Waals surface area contributed by atoms with Crippen molar-refractivity contribution in [3.05, 3.63) is 47.2 Å². The second-order valence-electron chi connectivity index (χ2n) is 14.7. The summed E-state index contributed by atoms with van der Waals surface area (Å²) in [5.41, 5.74) is -0.222. The van der Waals surface area contributed by atoms with Crippen LogP contribution in [0.4, 0.5) is 23.4 Å². The number of benzene rings is 2. The van der Waals surface area contributed by atoms with E-state index in [1.807, 2.05) is 0 Å². The summed E-state index contributed by atoms with van der Waals surface area (Å²) in [5.74, 6) is -1.05. The molecular formula is C37H36F4N6O2. The van der Waals surface area contributed by atoms with Crippen LogP contribution in [0.3, 0.4) is 0 Å². The van der Waals surface area contributed by atoms with E-state index < -0.39 is 23.0 Å². The summed E-state index contributed by atoms with van der Waals surface area (Å²) in [7, 11) is 0. The predicted molar refractivity (Wildman–Crippen MR) is 177 cm³/mol. The van der Waals surface area contributed by atoms with Crippen molar-refractivity contribution in [3.63, 3.8) is 0 Å². The van der Waals surface area contributed by atoms with Gasteiger partial charge in [-0.15, -0.1) is 6.42 Å². The number of piperidine rings is 1. The second kappa shape index (κ2) is 10.9. The molecule has 1 unspecified atom stereocenters. The molecule has 4 aromatic rings. The molecular weight excluding hydrogens is 636 g/mol. The number of aryl methyl sites for hydroxylation is 1. The molecule has 1 spiro atoms. The lowest BCUT2D eigenvalue weighted by Gasteiger charge is -2.36. The summed E-state index contributed by atoms with van der Waals surface area (Å²) < 4.78 is 66.2. The van der Waals surface area contributed by atoms with Crippen LogP contribution in [0.15, 0.2) is 24.3 Å². The average molecular weight is 673 g/mol. The number of piperazine rings is 1. The Kier molecular flexibility index (Phi) is 6.85. The Morgan fingerprint density at radius 1 is 1.04 bits per heavy atom. The Morgan fingerprint density at radius 3 is 2.57 bits per heavy atom. The van der Waals surface area contributed by atoms with Gasteiger partial charge in [-0.2, -0.15) is 9.97 Å². The summed E-state index contributed by atoms with van der Waals surface area (Å²) in [4.78, 5) is 18.8. The average Bonchev–Trinajstić information content (AvgIpc) is 3.99. The van der Waals surface area contributed by atoms with Crippen LogP contribution in [-0.4, -0.2) is 82.8 Å². The van der Waals surface area contributed by atoms with Crippen LogP contribution in [-0.2, 0) is 6.42 Å². The van der Waals surface area contributed by atoms with Crippen LogP contribution in [0.25, 0.3) is 32.9 Å². The Hall–Kier alpha value is -4.21. The number of pyridine rings is 1. The quantitative estimate of drug-likeness (QED) is 0.196. The maximum Gasteiger partial charge on any atom is 0.319 e. The Bertz CT molecular complexity index is 2070. The molecule has 9 rings (SSSR count). The first-order valence-corrected chi connectivity index (χ1v) is 17.1. The Labute approximate surface area is 280 Å². The number of likely N-dealkylation sites (tertiary alicyclic amines) is 1. The van der Waals surface area contributed by atoms with Crippen molar-refractivity contribution >= 4 is 27.5 Å². The van der Waals surface area contributed by atoms with E-state index in [1.165, 1.54) is 24.3 Å². The van der Waals surface area contributed by atoms with Crippen molar-refractivity contribution in [2.45, 2.75) is 56.9 Å². The molecule has 4 fully saturated rings. The number of ether oxygens (including phenoxy) is 1. The number of hydrogen-bond acceptors (Lipinski definition) is 8. The van der Waals surface area contributed by atoms with Crippen molar-refractivity contribution in [2.75, 3.05) is 50.8 Å². The van der Waals surface area contributed by atoms with Gasteiger partial charge in [-0.05, 0) is 75.2 Å². The summed E-state index contributed by atoms with van der Waals surface area (Å²) in [6, 6.07) is 5.70. The molecule has 2 N–H and O–H groups in total. The second-order valence-corrected chi connectivity index (χ2v) is 14.7. The summed E-state index contributed by atoms with van der Waals surface area (Å²) in [6.45, 7) is 4.52. The number of alkyl halides is 2. The van der Waals surface area contributed by atoms with E-state index >= 15 is 4.39 Å². The molecule has 2 aliphatic carbocycles. The van der Waals surface area contributed by atoms with Crippen LogP contribution >= 0.6 is 0 Å². The molecule has 49 heavy (non-hydrogen) atoms. The maximum absolute atomic E-state index is 17.0. The number of phenols is 1. The zero-order valence-corrected chi connectivity index (χ0v) is 27.0. The maximum atomic E-state index is 17.0. The summed E-state index contributed by atoms with van der Waals surface area (Å²) >= 11 is 0. The molecule has 0 amide bonds. The highest BCUT2D eigenvalue weighted by Gasteiger charge is 2.70. The number of aromatic hydroxyl groups is 1. The minimum atomic E-state index is -2.52. The lowest BCUT2D eigenvalue weighted by molar-refractivity contribution is 0.0252. The van der Waals surface area contributed by atoms with Crippen LogP contribution in [0, 0.1) is 34.8 Å². The fraction of sp³-hybridized carbons (Fsp3) is 0.486. The number of nitrogens with one attached hydrogen (secondary N) is 1. The van der Waals surface area contributed by atoms with Gasteiger partial charge >= 0.3 is 6.01 Å². The van der Waals surface area contributed by atoms with Gasteiger partial charge in [0.25, 0.3) is 5.92 Å². The van der Waals surface area contributed by atoms with E-state index in [0.717, 1.165) is 38.9 Å². The van der Waals surface area contributed by atoms with E-state index in [2.05, 4.69) is 26.0 Å². The minimum Gasteiger partial charge on any atom is -0.508 e. The van der Waals surface area contributed by atoms with Crippen molar-refractivity contribution in [3.8, 4) is 35.4 Å². The number of rotatable bonds is 6. The number of nitrogens with zero attached hydrogens (tertiary/aromatic N) is 5. The molecule has 2 aromatic heterocycles. The van der Waals surface area contributed by atoms with Crippen molar-refractivity contribution in [2.24, 2.45) is 10.8 Å². The Balaban J connectivity index is 1.10. The highest BCUT2D eigenvalue weighted by Crippen LogP contribution is 2.66. The highest BCUT2D eigenvalue weighted by atomic mass is 19.3. The number of terminal acetylenes is 1. The predicted octanol–water partition coefficient (Wildman–Crippen LogP) is 5.81. The summed E-state index contributed by atoms with van der Waals surface area (Å²) in [5, 5.41) is 15.4. The molecule has 12 heteroatoms. The zero-order chi connectivity index (χ0) is 33.7. The van der Waals surface area contributed by atoms with Crippen LogP contribution in [0.5, 0.6) is 11.8 Å². The number of anilines is 1. The summed E-state index contributed by atoms with van der Waals surface area (Å²) in [6.07, 6.45) is 9.93. The fourth-order valence-electron chi connectivity index (χ4n) is 8.47. The monoisotopic (exact) mass is 672 g/mol. The molecule has 2 aromatic carbocycles. The van der Waals surface area contributed by atoms with Gasteiger partial charge in [0, 0.05) is 60.4 Å². The topological polar surface area (TPSA) is 86.6 Å². The van der Waals surface area contributed by atoms with Crippen LogP contribution in [0.2, 0.25) is 0 Å². The highest BCUT2D eigenvalue weighted by molar-refractivity contribution is 6.03. The van der Waals surface area contributed by atoms with Crippen molar-refractivity contribution < 1.29 is 27.4 Å². The van der Waals surface area contributed by atoms with E-state index in [0.29, 0.717) is 67.8 Å². The first kappa shape index (κ1) is 30.8. The standard InChI is InChI=1S/C37H36F4N6O2/c1-2-24-26(38)5-3-21-15-23(48)16-25(28(21)24)31-30(39)32-29-27(43-31)6-4-22-17-42-11-14-47(22)33(29)45-34(44-32)49-20-35(7-8-35)19-46-12-9-36(10-13-46)18-37(36,40)41/h1,3,5,15-16,22,42,48H,4,6-14,17-20H2.